The molecule has 1 aliphatic rings. The van der Waals surface area contributed by atoms with Gasteiger partial charge in [-0.05, 0) is 30.3 Å². The summed E-state index contributed by atoms with van der Waals surface area (Å²) in [5.74, 6) is 0.312. The van der Waals surface area contributed by atoms with E-state index in [1.54, 1.807) is 42.2 Å². The van der Waals surface area contributed by atoms with Gasteiger partial charge in [-0.1, -0.05) is 6.07 Å². The molecule has 1 atom stereocenters. The predicted octanol–water partition coefficient (Wildman–Crippen LogP) is 4.36. The van der Waals surface area contributed by atoms with Crippen molar-refractivity contribution in [1.82, 2.24) is 4.98 Å². The van der Waals surface area contributed by atoms with Crippen LogP contribution in [0.4, 0.5) is 11.4 Å². The van der Waals surface area contributed by atoms with Gasteiger partial charge in [0.2, 0.25) is 0 Å². The number of thiazole rings is 1. The van der Waals surface area contributed by atoms with Gasteiger partial charge in [0.05, 0.1) is 37.9 Å². The average molecular weight is 426 g/mol. The Morgan fingerprint density at radius 3 is 2.83 bits per heavy atom. The molecule has 0 bridgehead atoms. The Balaban J connectivity index is 1.72. The van der Waals surface area contributed by atoms with E-state index in [0.717, 1.165) is 22.7 Å². The maximum Gasteiger partial charge on any atom is 0.335 e. The first kappa shape index (κ1) is 20.2. The van der Waals surface area contributed by atoms with Gasteiger partial charge in [-0.15, -0.1) is 11.3 Å². The number of carboxylic acid groups (broad SMARTS) is 1. The van der Waals surface area contributed by atoms with Gasteiger partial charge >= 0.3 is 5.97 Å². The van der Waals surface area contributed by atoms with Crippen molar-refractivity contribution in [3.8, 4) is 11.5 Å². The van der Waals surface area contributed by atoms with Gasteiger partial charge in [-0.3, -0.25) is 4.98 Å². The van der Waals surface area contributed by atoms with Crippen molar-refractivity contribution in [3.05, 3.63) is 64.6 Å². The lowest BCUT2D eigenvalue weighted by Crippen LogP contribution is -2.18. The molecule has 0 amide bonds. The van der Waals surface area contributed by atoms with Crippen molar-refractivity contribution in [2.75, 3.05) is 25.2 Å². The smallest absolute Gasteiger partial charge is 0.335 e. The van der Waals surface area contributed by atoms with Crippen LogP contribution < -0.4 is 14.4 Å². The number of methoxy groups -OCH3 is 1. The highest BCUT2D eigenvalue weighted by molar-refractivity contribution is 7.09. The van der Waals surface area contributed by atoms with Crippen LogP contribution in [-0.4, -0.2) is 42.5 Å². The standard InChI is InChI=1S/C22H22N2O5S/c1-27-20-6-5-17(10-21(20)29-18-7-8-28-13-18)24(12-19-11-23-14-30-19)16-4-2-3-15(9-16)22(25)26/h2-6,9-11,14,18H,7-8,12-13H2,1H3,(H,25,26)/t18-/m1/s1. The summed E-state index contributed by atoms with van der Waals surface area (Å²) in [5, 5.41) is 9.42. The summed E-state index contributed by atoms with van der Waals surface area (Å²) in [5.41, 5.74) is 3.64. The fourth-order valence-electron chi connectivity index (χ4n) is 3.33. The molecule has 8 heteroatoms. The molecule has 1 fully saturated rings. The molecule has 4 rings (SSSR count). The first-order chi connectivity index (χ1) is 14.6. The van der Waals surface area contributed by atoms with Crippen molar-refractivity contribution >= 4 is 28.7 Å². The zero-order chi connectivity index (χ0) is 20.9. The van der Waals surface area contributed by atoms with Crippen LogP contribution >= 0.6 is 11.3 Å². The molecule has 0 aliphatic carbocycles. The summed E-state index contributed by atoms with van der Waals surface area (Å²) in [6.07, 6.45) is 2.63. The van der Waals surface area contributed by atoms with Crippen molar-refractivity contribution in [2.45, 2.75) is 19.1 Å². The molecule has 156 valence electrons. The van der Waals surface area contributed by atoms with Gasteiger partial charge < -0.3 is 24.2 Å². The van der Waals surface area contributed by atoms with Gasteiger partial charge in [-0.25, -0.2) is 4.79 Å². The van der Waals surface area contributed by atoms with Crippen LogP contribution in [-0.2, 0) is 11.3 Å². The number of anilines is 2. The first-order valence-electron chi connectivity index (χ1n) is 9.55. The number of hydrogen-bond donors (Lipinski definition) is 1. The molecule has 1 aliphatic heterocycles. The summed E-state index contributed by atoms with van der Waals surface area (Å²) >= 11 is 1.55. The number of hydrogen-bond acceptors (Lipinski definition) is 7. The molecule has 0 radical (unpaired) electrons. The number of rotatable bonds is 8. The van der Waals surface area contributed by atoms with E-state index in [4.69, 9.17) is 14.2 Å². The fraction of sp³-hybridized carbons (Fsp3) is 0.273. The quantitative estimate of drug-likeness (QED) is 0.573. The highest BCUT2D eigenvalue weighted by Gasteiger charge is 2.21. The minimum absolute atomic E-state index is 0.0144. The molecule has 1 N–H and O–H groups in total. The summed E-state index contributed by atoms with van der Waals surface area (Å²) in [6.45, 7) is 1.79. The number of benzene rings is 2. The summed E-state index contributed by atoms with van der Waals surface area (Å²) in [7, 11) is 1.61. The number of ether oxygens (including phenoxy) is 3. The minimum atomic E-state index is -0.963. The Bertz CT molecular complexity index is 1000. The monoisotopic (exact) mass is 426 g/mol. The highest BCUT2D eigenvalue weighted by atomic mass is 32.1. The highest BCUT2D eigenvalue weighted by Crippen LogP contribution is 2.37. The number of nitrogens with zero attached hydrogens (tertiary/aromatic N) is 2. The van der Waals surface area contributed by atoms with E-state index in [1.807, 2.05) is 35.4 Å². The second-order valence-corrected chi connectivity index (χ2v) is 7.82. The van der Waals surface area contributed by atoms with Crippen LogP contribution in [0.15, 0.2) is 54.2 Å². The van der Waals surface area contributed by atoms with Crippen LogP contribution in [0.2, 0.25) is 0 Å². The molecule has 0 unspecified atom stereocenters. The van der Waals surface area contributed by atoms with Gasteiger partial charge in [0.25, 0.3) is 0 Å². The van der Waals surface area contributed by atoms with E-state index in [-0.39, 0.29) is 11.7 Å². The molecule has 0 saturated carbocycles. The topological polar surface area (TPSA) is 81.1 Å². The van der Waals surface area contributed by atoms with Crippen LogP contribution in [0.5, 0.6) is 11.5 Å². The zero-order valence-electron chi connectivity index (χ0n) is 16.5. The van der Waals surface area contributed by atoms with E-state index in [1.165, 1.54) is 0 Å². The van der Waals surface area contributed by atoms with Gasteiger partial charge in [0.1, 0.15) is 6.10 Å². The van der Waals surface area contributed by atoms with Gasteiger partial charge in [0.15, 0.2) is 11.5 Å². The summed E-state index contributed by atoms with van der Waals surface area (Å²) < 4.78 is 17.0. The maximum absolute atomic E-state index is 11.5. The van der Waals surface area contributed by atoms with Gasteiger partial charge in [-0.2, -0.15) is 0 Å². The number of aromatic nitrogens is 1. The SMILES string of the molecule is COc1ccc(N(Cc2cncs2)c2cccc(C(=O)O)c2)cc1O[C@@H]1CCOC1. The summed E-state index contributed by atoms with van der Waals surface area (Å²) in [4.78, 5) is 18.7. The van der Waals surface area contributed by atoms with Crippen molar-refractivity contribution in [2.24, 2.45) is 0 Å². The molecule has 3 aromatic rings. The molecule has 30 heavy (non-hydrogen) atoms. The molecule has 0 spiro atoms. The van der Waals surface area contributed by atoms with E-state index in [0.29, 0.717) is 31.3 Å². The second-order valence-electron chi connectivity index (χ2n) is 6.85. The number of carboxylic acids is 1. The van der Waals surface area contributed by atoms with Crippen LogP contribution in [0, 0.1) is 0 Å². The molecular weight excluding hydrogens is 404 g/mol. The second kappa shape index (κ2) is 9.15. The molecular formula is C22H22N2O5S. The Morgan fingerprint density at radius 1 is 1.27 bits per heavy atom. The normalized spacial score (nSPS) is 15.7. The molecule has 1 aromatic heterocycles. The van der Waals surface area contributed by atoms with E-state index in [9.17, 15) is 9.90 Å². The van der Waals surface area contributed by atoms with Crippen LogP contribution in [0.25, 0.3) is 0 Å². The zero-order valence-corrected chi connectivity index (χ0v) is 17.3. The molecule has 2 heterocycles. The minimum Gasteiger partial charge on any atom is -0.493 e. The van der Waals surface area contributed by atoms with E-state index >= 15 is 0 Å². The third kappa shape index (κ3) is 4.55. The summed E-state index contributed by atoms with van der Waals surface area (Å²) in [6, 6.07) is 12.6. The lowest BCUT2D eigenvalue weighted by molar-refractivity contribution is 0.0697. The third-order valence-corrected chi connectivity index (χ3v) is 5.61. The van der Waals surface area contributed by atoms with Crippen molar-refractivity contribution in [3.63, 3.8) is 0 Å². The van der Waals surface area contributed by atoms with Crippen molar-refractivity contribution < 1.29 is 24.1 Å². The van der Waals surface area contributed by atoms with Crippen LogP contribution in [0.1, 0.15) is 21.7 Å². The van der Waals surface area contributed by atoms with E-state index < -0.39 is 5.97 Å². The molecule has 1 saturated heterocycles. The largest absolute Gasteiger partial charge is 0.493 e. The predicted molar refractivity (Wildman–Crippen MR) is 114 cm³/mol. The van der Waals surface area contributed by atoms with Crippen molar-refractivity contribution in [1.29, 1.82) is 0 Å². The Labute approximate surface area is 178 Å². The average Bonchev–Trinajstić information content (AvgIpc) is 3.46. The fourth-order valence-corrected chi connectivity index (χ4v) is 3.91. The Hall–Kier alpha value is -3.10. The van der Waals surface area contributed by atoms with E-state index in [2.05, 4.69) is 4.98 Å². The molecule has 2 aromatic carbocycles. The Morgan fingerprint density at radius 2 is 2.13 bits per heavy atom. The Kier molecular flexibility index (Phi) is 6.15. The third-order valence-electron chi connectivity index (χ3n) is 4.84. The number of aromatic carboxylic acids is 1. The van der Waals surface area contributed by atoms with Crippen LogP contribution in [0.3, 0.4) is 0 Å². The van der Waals surface area contributed by atoms with Gasteiger partial charge in [0, 0.05) is 34.9 Å². The lowest BCUT2D eigenvalue weighted by Gasteiger charge is -2.26. The maximum atomic E-state index is 11.5. The molecule has 7 nitrogen and oxygen atoms in total. The first-order valence-corrected chi connectivity index (χ1v) is 10.4. The number of carbonyl (C=O) groups is 1. The lowest BCUT2D eigenvalue weighted by atomic mass is 10.1.